The Morgan fingerprint density at radius 2 is 2.12 bits per heavy atom. The summed E-state index contributed by atoms with van der Waals surface area (Å²) in [7, 11) is 0. The topological polar surface area (TPSA) is 69.0 Å². The number of hydrogen-bond donors (Lipinski definition) is 1. The summed E-state index contributed by atoms with van der Waals surface area (Å²) in [6.45, 7) is 4.30. The Hall–Kier alpha value is -3.15. The van der Waals surface area contributed by atoms with Crippen LogP contribution in [0.1, 0.15) is 22.8 Å². The number of pyridine rings is 1. The summed E-state index contributed by atoms with van der Waals surface area (Å²) < 4.78 is 7.53. The molecule has 0 aliphatic heterocycles. The van der Waals surface area contributed by atoms with E-state index in [1.165, 1.54) is 0 Å². The number of hydrogen-bond acceptors (Lipinski definition) is 4. The van der Waals surface area contributed by atoms with Crippen LogP contribution in [-0.4, -0.2) is 33.1 Å². The maximum atomic E-state index is 12.4. The lowest BCUT2D eigenvalue weighted by molar-refractivity contribution is 0.0926. The number of nitrogens with one attached hydrogen (secondary N) is 1. The fourth-order valence-electron chi connectivity index (χ4n) is 2.38. The van der Waals surface area contributed by atoms with Crippen molar-refractivity contribution in [3.8, 4) is 11.6 Å². The highest BCUT2D eigenvalue weighted by Gasteiger charge is 2.12. The van der Waals surface area contributed by atoms with E-state index in [1.807, 2.05) is 38.1 Å². The molecule has 1 N–H and O–H groups in total. The molecule has 1 amide bonds. The Bertz CT molecular complexity index is 846. The Labute approximate surface area is 146 Å². The summed E-state index contributed by atoms with van der Waals surface area (Å²) in [6, 6.07) is 11.1. The van der Waals surface area contributed by atoms with Crippen molar-refractivity contribution >= 4 is 5.91 Å². The summed E-state index contributed by atoms with van der Waals surface area (Å²) >= 11 is 0. The number of benzene rings is 1. The second kappa shape index (κ2) is 7.61. The van der Waals surface area contributed by atoms with Crippen LogP contribution in [0.25, 0.3) is 5.82 Å². The van der Waals surface area contributed by atoms with E-state index in [1.54, 1.807) is 41.6 Å². The number of imidazole rings is 1. The number of para-hydroxylation sites is 1. The van der Waals surface area contributed by atoms with Gasteiger partial charge in [0.1, 0.15) is 24.5 Å². The minimum absolute atomic E-state index is 0.128. The van der Waals surface area contributed by atoms with Crippen LogP contribution in [0.15, 0.2) is 61.3 Å². The van der Waals surface area contributed by atoms with Crippen molar-refractivity contribution in [2.24, 2.45) is 0 Å². The Morgan fingerprint density at radius 3 is 2.88 bits per heavy atom. The van der Waals surface area contributed by atoms with Gasteiger partial charge in [0.2, 0.25) is 0 Å². The molecule has 0 aliphatic rings. The number of nitrogens with zero attached hydrogens (tertiary/aromatic N) is 3. The predicted octanol–water partition coefficient (Wildman–Crippen LogP) is 2.77. The average molecular weight is 336 g/mol. The van der Waals surface area contributed by atoms with Gasteiger partial charge in [0.05, 0.1) is 6.04 Å². The van der Waals surface area contributed by atoms with E-state index in [0.29, 0.717) is 18.0 Å². The minimum Gasteiger partial charge on any atom is -0.491 e. The van der Waals surface area contributed by atoms with Gasteiger partial charge in [-0.25, -0.2) is 9.97 Å². The fraction of sp³-hybridized carbons (Fsp3) is 0.211. The van der Waals surface area contributed by atoms with E-state index >= 15 is 0 Å². The largest absolute Gasteiger partial charge is 0.491 e. The summed E-state index contributed by atoms with van der Waals surface area (Å²) in [5, 5.41) is 2.94. The van der Waals surface area contributed by atoms with Gasteiger partial charge in [-0.05, 0) is 37.6 Å². The summed E-state index contributed by atoms with van der Waals surface area (Å²) in [5.41, 5.74) is 1.61. The molecule has 0 saturated heterocycles. The first-order valence-electron chi connectivity index (χ1n) is 8.07. The number of carbonyl (C=O) groups is 1. The van der Waals surface area contributed by atoms with E-state index in [4.69, 9.17) is 4.74 Å². The Kier molecular flexibility index (Phi) is 5.09. The molecule has 3 aromatic rings. The van der Waals surface area contributed by atoms with E-state index in [-0.39, 0.29) is 11.9 Å². The van der Waals surface area contributed by atoms with E-state index < -0.39 is 0 Å². The summed E-state index contributed by atoms with van der Waals surface area (Å²) in [4.78, 5) is 20.7. The molecule has 25 heavy (non-hydrogen) atoms. The van der Waals surface area contributed by atoms with Gasteiger partial charge < -0.3 is 10.1 Å². The SMILES string of the molecule is Cc1ccccc1OC[C@H](C)NC(=O)c1ccnc(-n2ccnc2)c1. The van der Waals surface area contributed by atoms with E-state index in [2.05, 4.69) is 15.3 Å². The van der Waals surface area contributed by atoms with Crippen LogP contribution in [-0.2, 0) is 0 Å². The quantitative estimate of drug-likeness (QED) is 0.751. The maximum Gasteiger partial charge on any atom is 0.251 e. The third-order valence-electron chi connectivity index (χ3n) is 3.74. The maximum absolute atomic E-state index is 12.4. The van der Waals surface area contributed by atoms with Gasteiger partial charge in [0.25, 0.3) is 5.91 Å². The molecule has 6 nitrogen and oxygen atoms in total. The first-order chi connectivity index (χ1) is 12.1. The molecule has 0 saturated carbocycles. The third kappa shape index (κ3) is 4.23. The molecule has 1 aromatic carbocycles. The molecule has 2 heterocycles. The second-order valence-corrected chi connectivity index (χ2v) is 5.82. The molecule has 0 fully saturated rings. The number of ether oxygens (including phenoxy) is 1. The van der Waals surface area contributed by atoms with Crippen LogP contribution in [0.4, 0.5) is 0 Å². The standard InChI is InChI=1S/C19H20N4O2/c1-14-5-3-4-6-17(14)25-12-15(2)22-19(24)16-7-8-21-18(11-16)23-10-9-20-13-23/h3-11,13,15H,12H2,1-2H3,(H,22,24)/t15-/m0/s1. The van der Waals surface area contributed by atoms with Crippen LogP contribution in [0.5, 0.6) is 5.75 Å². The van der Waals surface area contributed by atoms with Gasteiger partial charge in [-0.2, -0.15) is 0 Å². The number of rotatable bonds is 6. The number of aryl methyl sites for hydroxylation is 1. The summed E-state index contributed by atoms with van der Waals surface area (Å²) in [5.74, 6) is 1.31. The zero-order chi connectivity index (χ0) is 17.6. The molecule has 6 heteroatoms. The molecule has 2 aromatic heterocycles. The highest BCUT2D eigenvalue weighted by atomic mass is 16.5. The van der Waals surface area contributed by atoms with Crippen molar-refractivity contribution in [1.82, 2.24) is 19.9 Å². The second-order valence-electron chi connectivity index (χ2n) is 5.82. The molecule has 0 spiro atoms. The van der Waals surface area contributed by atoms with Crippen LogP contribution in [0.2, 0.25) is 0 Å². The summed E-state index contributed by atoms with van der Waals surface area (Å²) in [6.07, 6.45) is 6.70. The third-order valence-corrected chi connectivity index (χ3v) is 3.74. The van der Waals surface area contributed by atoms with Crippen LogP contribution in [0.3, 0.4) is 0 Å². The van der Waals surface area contributed by atoms with Crippen LogP contribution in [0, 0.1) is 6.92 Å². The van der Waals surface area contributed by atoms with Gasteiger partial charge in [0, 0.05) is 24.2 Å². The molecule has 0 unspecified atom stereocenters. The van der Waals surface area contributed by atoms with Crippen LogP contribution < -0.4 is 10.1 Å². The highest BCUT2D eigenvalue weighted by Crippen LogP contribution is 2.16. The van der Waals surface area contributed by atoms with Crippen molar-refractivity contribution in [2.45, 2.75) is 19.9 Å². The molecule has 0 bridgehead atoms. The lowest BCUT2D eigenvalue weighted by atomic mass is 10.2. The van der Waals surface area contributed by atoms with E-state index in [9.17, 15) is 4.79 Å². The van der Waals surface area contributed by atoms with Crippen molar-refractivity contribution in [3.05, 3.63) is 72.4 Å². The van der Waals surface area contributed by atoms with Gasteiger partial charge in [-0.3, -0.25) is 9.36 Å². The lowest BCUT2D eigenvalue weighted by Gasteiger charge is -2.16. The molecule has 0 aliphatic carbocycles. The number of aromatic nitrogens is 3. The van der Waals surface area contributed by atoms with E-state index in [0.717, 1.165) is 11.3 Å². The molecule has 0 radical (unpaired) electrons. The van der Waals surface area contributed by atoms with Crippen molar-refractivity contribution in [1.29, 1.82) is 0 Å². The molecule has 128 valence electrons. The van der Waals surface area contributed by atoms with Crippen molar-refractivity contribution < 1.29 is 9.53 Å². The Balaban J connectivity index is 1.60. The molecular formula is C19H20N4O2. The smallest absolute Gasteiger partial charge is 0.251 e. The number of carbonyl (C=O) groups excluding carboxylic acids is 1. The molecule has 1 atom stereocenters. The fourth-order valence-corrected chi connectivity index (χ4v) is 2.38. The monoisotopic (exact) mass is 336 g/mol. The average Bonchev–Trinajstić information content (AvgIpc) is 3.16. The predicted molar refractivity (Wildman–Crippen MR) is 95.0 cm³/mol. The van der Waals surface area contributed by atoms with Crippen LogP contribution >= 0.6 is 0 Å². The van der Waals surface area contributed by atoms with Gasteiger partial charge in [-0.1, -0.05) is 18.2 Å². The van der Waals surface area contributed by atoms with Gasteiger partial charge in [-0.15, -0.1) is 0 Å². The van der Waals surface area contributed by atoms with Crippen molar-refractivity contribution in [2.75, 3.05) is 6.61 Å². The van der Waals surface area contributed by atoms with Gasteiger partial charge >= 0.3 is 0 Å². The normalized spacial score (nSPS) is 11.8. The lowest BCUT2D eigenvalue weighted by Crippen LogP contribution is -2.36. The van der Waals surface area contributed by atoms with Crippen molar-refractivity contribution in [3.63, 3.8) is 0 Å². The minimum atomic E-state index is -0.162. The first-order valence-corrected chi connectivity index (χ1v) is 8.07. The Morgan fingerprint density at radius 1 is 1.28 bits per heavy atom. The zero-order valence-electron chi connectivity index (χ0n) is 14.2. The highest BCUT2D eigenvalue weighted by molar-refractivity contribution is 5.94. The molecular weight excluding hydrogens is 316 g/mol. The zero-order valence-corrected chi connectivity index (χ0v) is 14.2. The molecule has 3 rings (SSSR count). The van der Waals surface area contributed by atoms with Gasteiger partial charge in [0.15, 0.2) is 0 Å². The number of amides is 1. The first kappa shape index (κ1) is 16.7.